The van der Waals surface area contributed by atoms with E-state index in [4.69, 9.17) is 4.74 Å². The van der Waals surface area contributed by atoms with Gasteiger partial charge in [-0.1, -0.05) is 12.5 Å². The third-order valence-corrected chi connectivity index (χ3v) is 8.51. The summed E-state index contributed by atoms with van der Waals surface area (Å²) in [6, 6.07) is 12.9. The molecule has 1 amide bonds. The molecule has 0 N–H and O–H groups in total. The number of carbonyl (C=O) groups is 1. The smallest absolute Gasteiger partial charge is 0.254 e. The zero-order chi connectivity index (χ0) is 23.4. The minimum Gasteiger partial charge on any atom is -0.497 e. The molecule has 2 fully saturated rings. The maximum absolute atomic E-state index is 13.4. The molecule has 2 saturated heterocycles. The molecule has 2 aromatic rings. The van der Waals surface area contributed by atoms with Crippen LogP contribution >= 0.6 is 0 Å². The van der Waals surface area contributed by atoms with Crippen molar-refractivity contribution in [3.63, 3.8) is 0 Å². The van der Waals surface area contributed by atoms with Crippen LogP contribution in [0.1, 0.15) is 41.6 Å². The Morgan fingerprint density at radius 3 is 2.27 bits per heavy atom. The van der Waals surface area contributed by atoms with E-state index in [9.17, 15) is 13.2 Å². The number of sulfonamides is 1. The lowest BCUT2D eigenvalue weighted by molar-refractivity contribution is 0.0766. The maximum atomic E-state index is 13.4. The largest absolute Gasteiger partial charge is 0.497 e. The molecule has 4 rings (SSSR count). The Morgan fingerprint density at radius 1 is 0.848 bits per heavy atom. The summed E-state index contributed by atoms with van der Waals surface area (Å²) in [5.41, 5.74) is 2.38. The summed E-state index contributed by atoms with van der Waals surface area (Å²) in [5.74, 6) is 0.722. The molecular weight excluding hydrogens is 438 g/mol. The lowest BCUT2D eigenvalue weighted by Gasteiger charge is -2.27. The Kier molecular flexibility index (Phi) is 7.24. The molecule has 8 heteroatoms. The van der Waals surface area contributed by atoms with E-state index in [0.717, 1.165) is 55.8 Å². The van der Waals surface area contributed by atoms with Crippen molar-refractivity contribution in [2.75, 3.05) is 51.3 Å². The van der Waals surface area contributed by atoms with E-state index in [-0.39, 0.29) is 10.8 Å². The Labute approximate surface area is 197 Å². The van der Waals surface area contributed by atoms with Gasteiger partial charge in [0.15, 0.2) is 0 Å². The van der Waals surface area contributed by atoms with Gasteiger partial charge in [0.05, 0.1) is 12.0 Å². The summed E-state index contributed by atoms with van der Waals surface area (Å²) in [6.07, 6.45) is 3.68. The van der Waals surface area contributed by atoms with Crippen LogP contribution in [0.4, 0.5) is 5.69 Å². The van der Waals surface area contributed by atoms with Crippen LogP contribution < -0.4 is 9.64 Å². The average Bonchev–Trinajstić information content (AvgIpc) is 3.11. The lowest BCUT2D eigenvalue weighted by atomic mass is 10.1. The Hall–Kier alpha value is -2.58. The van der Waals surface area contributed by atoms with E-state index >= 15 is 0 Å². The molecule has 0 saturated carbocycles. The van der Waals surface area contributed by atoms with Gasteiger partial charge in [0.2, 0.25) is 10.0 Å². The van der Waals surface area contributed by atoms with Crippen molar-refractivity contribution >= 4 is 21.6 Å². The van der Waals surface area contributed by atoms with Gasteiger partial charge in [-0.05, 0) is 68.1 Å². The first-order chi connectivity index (χ1) is 15.9. The first-order valence-electron chi connectivity index (χ1n) is 11.7. The lowest BCUT2D eigenvalue weighted by Crippen LogP contribution is -2.37. The van der Waals surface area contributed by atoms with Crippen molar-refractivity contribution in [1.82, 2.24) is 9.21 Å². The molecule has 0 aromatic heterocycles. The minimum absolute atomic E-state index is 0.0974. The topological polar surface area (TPSA) is 70.2 Å². The molecule has 2 aliphatic rings. The van der Waals surface area contributed by atoms with Crippen LogP contribution in [0.5, 0.6) is 5.75 Å². The van der Waals surface area contributed by atoms with Gasteiger partial charge in [0.1, 0.15) is 5.75 Å². The van der Waals surface area contributed by atoms with E-state index in [1.165, 1.54) is 0 Å². The Bertz CT molecular complexity index is 1080. The quantitative estimate of drug-likeness (QED) is 0.667. The van der Waals surface area contributed by atoms with Gasteiger partial charge in [-0.25, -0.2) is 8.42 Å². The van der Waals surface area contributed by atoms with E-state index in [1.807, 2.05) is 36.1 Å². The van der Waals surface area contributed by atoms with Crippen LogP contribution in [-0.4, -0.2) is 69.9 Å². The first kappa shape index (κ1) is 23.6. The maximum Gasteiger partial charge on any atom is 0.254 e. The molecule has 2 aliphatic heterocycles. The molecule has 0 bridgehead atoms. The summed E-state index contributed by atoms with van der Waals surface area (Å²) in [6.45, 7) is 5.79. The first-order valence-corrected chi connectivity index (χ1v) is 13.1. The molecule has 0 unspecified atom stereocenters. The number of nitrogens with zero attached hydrogens (tertiary/aromatic N) is 3. The molecule has 0 atom stereocenters. The fourth-order valence-electron chi connectivity index (χ4n) is 4.59. The second-order valence-corrected chi connectivity index (χ2v) is 10.7. The van der Waals surface area contributed by atoms with Crippen molar-refractivity contribution in [2.24, 2.45) is 0 Å². The highest BCUT2D eigenvalue weighted by molar-refractivity contribution is 7.89. The molecule has 0 radical (unpaired) electrons. The van der Waals surface area contributed by atoms with Crippen molar-refractivity contribution in [3.8, 4) is 5.75 Å². The summed E-state index contributed by atoms with van der Waals surface area (Å²) in [7, 11) is -1.93. The van der Waals surface area contributed by atoms with Crippen molar-refractivity contribution in [2.45, 2.75) is 37.5 Å². The van der Waals surface area contributed by atoms with Gasteiger partial charge in [-0.2, -0.15) is 4.31 Å². The summed E-state index contributed by atoms with van der Waals surface area (Å²) < 4.78 is 33.1. The Morgan fingerprint density at radius 2 is 1.58 bits per heavy atom. The van der Waals surface area contributed by atoms with Crippen molar-refractivity contribution < 1.29 is 17.9 Å². The van der Waals surface area contributed by atoms with Crippen LogP contribution in [-0.2, 0) is 10.0 Å². The van der Waals surface area contributed by atoms with Crippen LogP contribution in [0.15, 0.2) is 47.4 Å². The number of anilines is 1. The normalized spacial score (nSPS) is 18.1. The van der Waals surface area contributed by atoms with E-state index in [0.29, 0.717) is 31.7 Å². The second kappa shape index (κ2) is 10.1. The third-order valence-electron chi connectivity index (χ3n) is 6.61. The number of methoxy groups -OCH3 is 1. The van der Waals surface area contributed by atoms with Crippen LogP contribution in [0.25, 0.3) is 0 Å². The SMILES string of the molecule is COc1ccc(N2CCCN(C(=O)c3cc(S(=O)(=O)N4CCCCC4)ccc3C)CC2)cc1. The molecule has 0 spiro atoms. The number of hydrogen-bond donors (Lipinski definition) is 0. The zero-order valence-corrected chi connectivity index (χ0v) is 20.3. The van der Waals surface area contributed by atoms with Gasteiger partial charge in [0.25, 0.3) is 5.91 Å². The van der Waals surface area contributed by atoms with Crippen molar-refractivity contribution in [1.29, 1.82) is 0 Å². The standard InChI is InChI=1S/C25H33N3O4S/c1-20-7-12-23(33(30,31)28-15-4-3-5-16-28)19-24(20)25(29)27-14-6-13-26(17-18-27)21-8-10-22(32-2)11-9-21/h7-12,19H,3-6,13-18H2,1-2H3. The molecule has 7 nitrogen and oxygen atoms in total. The predicted molar refractivity (Wildman–Crippen MR) is 130 cm³/mol. The number of ether oxygens (including phenoxy) is 1. The highest BCUT2D eigenvalue weighted by atomic mass is 32.2. The molecule has 0 aliphatic carbocycles. The van der Waals surface area contributed by atoms with Gasteiger partial charge < -0.3 is 14.5 Å². The van der Waals surface area contributed by atoms with Crippen LogP contribution in [0, 0.1) is 6.92 Å². The van der Waals surface area contributed by atoms with Gasteiger partial charge >= 0.3 is 0 Å². The third kappa shape index (κ3) is 5.17. The molecular formula is C25H33N3O4S. The predicted octanol–water partition coefficient (Wildman–Crippen LogP) is 3.53. The number of hydrogen-bond acceptors (Lipinski definition) is 5. The van der Waals surface area contributed by atoms with E-state index in [1.54, 1.807) is 29.6 Å². The number of benzene rings is 2. The number of piperidine rings is 1. The number of rotatable bonds is 5. The summed E-state index contributed by atoms with van der Waals surface area (Å²) in [5, 5.41) is 0. The number of carbonyl (C=O) groups excluding carboxylic acids is 1. The number of aryl methyl sites for hydroxylation is 1. The van der Waals surface area contributed by atoms with Crippen molar-refractivity contribution in [3.05, 3.63) is 53.6 Å². The van der Waals surface area contributed by atoms with E-state index < -0.39 is 10.0 Å². The zero-order valence-electron chi connectivity index (χ0n) is 19.5. The second-order valence-electron chi connectivity index (χ2n) is 8.77. The monoisotopic (exact) mass is 471 g/mol. The van der Waals surface area contributed by atoms with Crippen LogP contribution in [0.2, 0.25) is 0 Å². The van der Waals surface area contributed by atoms with Gasteiger partial charge in [-0.15, -0.1) is 0 Å². The fraction of sp³-hybridized carbons (Fsp3) is 0.480. The minimum atomic E-state index is -3.58. The molecule has 2 heterocycles. The van der Waals surface area contributed by atoms with Gasteiger partial charge in [-0.3, -0.25) is 4.79 Å². The van der Waals surface area contributed by atoms with Gasteiger partial charge in [0, 0.05) is 50.5 Å². The molecule has 2 aromatic carbocycles. The summed E-state index contributed by atoms with van der Waals surface area (Å²) in [4.78, 5) is 17.8. The summed E-state index contributed by atoms with van der Waals surface area (Å²) >= 11 is 0. The highest BCUT2D eigenvalue weighted by Crippen LogP contribution is 2.25. The fourth-order valence-corrected chi connectivity index (χ4v) is 6.13. The molecule has 33 heavy (non-hydrogen) atoms. The van der Waals surface area contributed by atoms with Crippen LogP contribution in [0.3, 0.4) is 0 Å². The van der Waals surface area contributed by atoms with E-state index in [2.05, 4.69) is 4.90 Å². The average molecular weight is 472 g/mol. The molecule has 178 valence electrons. The number of amides is 1. The Balaban J connectivity index is 1.50. The highest BCUT2D eigenvalue weighted by Gasteiger charge is 2.28.